The molecule has 0 aromatic carbocycles. The lowest BCUT2D eigenvalue weighted by Crippen LogP contribution is -2.29. The zero-order chi connectivity index (χ0) is 18.3. The zero-order valence-corrected chi connectivity index (χ0v) is 15.5. The number of nitrogens with zero attached hydrogens (tertiary/aromatic N) is 6. The molecule has 1 aliphatic rings. The topological polar surface area (TPSA) is 85.9 Å². The smallest absolute Gasteiger partial charge is 0.262 e. The van der Waals surface area contributed by atoms with Crippen molar-refractivity contribution in [1.29, 1.82) is 0 Å². The van der Waals surface area contributed by atoms with Gasteiger partial charge in [0.25, 0.3) is 10.0 Å². The van der Waals surface area contributed by atoms with Gasteiger partial charge in [0.05, 0.1) is 12.4 Å². The van der Waals surface area contributed by atoms with Crippen molar-refractivity contribution in [3.05, 3.63) is 48.9 Å². The fraction of sp³-hybridized carbons (Fsp3) is 0.353. The Morgan fingerprint density at radius 1 is 1.19 bits per heavy atom. The predicted octanol–water partition coefficient (Wildman–Crippen LogP) is 1.62. The van der Waals surface area contributed by atoms with Gasteiger partial charge in [-0.1, -0.05) is 0 Å². The highest BCUT2D eigenvalue weighted by molar-refractivity contribution is 7.89. The number of imidazole rings is 2. The Labute approximate surface area is 152 Å². The van der Waals surface area contributed by atoms with Crippen LogP contribution in [0.4, 0.5) is 0 Å². The largest absolute Gasteiger partial charge is 0.339 e. The monoisotopic (exact) mass is 372 g/mol. The molecule has 1 fully saturated rings. The van der Waals surface area contributed by atoms with Gasteiger partial charge in [-0.25, -0.2) is 18.4 Å². The Kier molecular flexibility index (Phi) is 4.12. The normalized spacial score (nSPS) is 18.5. The number of sulfonamides is 1. The van der Waals surface area contributed by atoms with Gasteiger partial charge in [-0.15, -0.1) is 0 Å². The third kappa shape index (κ3) is 2.82. The van der Waals surface area contributed by atoms with Gasteiger partial charge < -0.3 is 9.13 Å². The summed E-state index contributed by atoms with van der Waals surface area (Å²) in [7, 11) is -1.82. The van der Waals surface area contributed by atoms with Crippen LogP contribution in [0.15, 0.2) is 48.3 Å². The number of pyridine rings is 1. The summed E-state index contributed by atoms with van der Waals surface area (Å²) >= 11 is 0. The van der Waals surface area contributed by atoms with Gasteiger partial charge in [0, 0.05) is 56.2 Å². The minimum Gasteiger partial charge on any atom is -0.339 e. The molecular weight excluding hydrogens is 352 g/mol. The molecule has 0 saturated carbocycles. The van der Waals surface area contributed by atoms with Crippen molar-refractivity contribution < 1.29 is 8.42 Å². The lowest BCUT2D eigenvalue weighted by Gasteiger charge is -2.19. The van der Waals surface area contributed by atoms with E-state index in [1.54, 1.807) is 24.0 Å². The third-order valence-corrected chi connectivity index (χ3v) is 6.45. The first-order valence-corrected chi connectivity index (χ1v) is 9.83. The molecular formula is C17H20N6O2S. The molecule has 0 N–H and O–H groups in total. The second-order valence-electron chi connectivity index (χ2n) is 6.51. The highest BCUT2D eigenvalue weighted by Gasteiger charge is 2.35. The molecule has 8 nitrogen and oxygen atoms in total. The Balaban J connectivity index is 1.63. The maximum atomic E-state index is 12.8. The molecule has 1 saturated heterocycles. The molecule has 3 aromatic rings. The second kappa shape index (κ2) is 6.33. The Hall–Kier alpha value is -2.52. The molecule has 0 amide bonds. The quantitative estimate of drug-likeness (QED) is 0.695. The van der Waals surface area contributed by atoms with Crippen LogP contribution in [0, 0.1) is 6.92 Å². The van der Waals surface area contributed by atoms with E-state index in [2.05, 4.69) is 19.5 Å². The first kappa shape index (κ1) is 16.9. The summed E-state index contributed by atoms with van der Waals surface area (Å²) in [6, 6.07) is 3.87. The minimum atomic E-state index is -3.57. The van der Waals surface area contributed by atoms with E-state index >= 15 is 0 Å². The SMILES string of the molecule is Cc1cnc(-c2ccncc2)n1C1CCN(S(=O)(=O)c2cn(C)cn2)C1. The van der Waals surface area contributed by atoms with E-state index in [9.17, 15) is 8.42 Å². The average Bonchev–Trinajstić information content (AvgIpc) is 3.35. The van der Waals surface area contributed by atoms with Gasteiger partial charge in [-0.2, -0.15) is 4.31 Å². The van der Waals surface area contributed by atoms with Crippen molar-refractivity contribution >= 4 is 10.0 Å². The molecule has 26 heavy (non-hydrogen) atoms. The Morgan fingerprint density at radius 2 is 1.96 bits per heavy atom. The van der Waals surface area contributed by atoms with Crippen LogP contribution in [0.1, 0.15) is 18.2 Å². The maximum absolute atomic E-state index is 12.8. The number of aryl methyl sites for hydroxylation is 2. The van der Waals surface area contributed by atoms with E-state index < -0.39 is 10.0 Å². The Morgan fingerprint density at radius 3 is 2.65 bits per heavy atom. The molecule has 1 unspecified atom stereocenters. The summed E-state index contributed by atoms with van der Waals surface area (Å²) in [6.07, 6.45) is 9.06. The van der Waals surface area contributed by atoms with E-state index in [1.165, 1.54) is 16.8 Å². The van der Waals surface area contributed by atoms with Crippen LogP contribution in [0.5, 0.6) is 0 Å². The van der Waals surface area contributed by atoms with Gasteiger partial charge >= 0.3 is 0 Å². The molecule has 0 radical (unpaired) electrons. The number of hydrogen-bond donors (Lipinski definition) is 0. The zero-order valence-electron chi connectivity index (χ0n) is 14.6. The van der Waals surface area contributed by atoms with Crippen LogP contribution in [0.25, 0.3) is 11.4 Å². The summed E-state index contributed by atoms with van der Waals surface area (Å²) in [5.41, 5.74) is 1.98. The van der Waals surface area contributed by atoms with E-state index in [-0.39, 0.29) is 11.1 Å². The first-order chi connectivity index (χ1) is 12.5. The van der Waals surface area contributed by atoms with Crippen LogP contribution < -0.4 is 0 Å². The van der Waals surface area contributed by atoms with Crippen molar-refractivity contribution in [2.75, 3.05) is 13.1 Å². The molecule has 1 atom stereocenters. The van der Waals surface area contributed by atoms with Crippen molar-refractivity contribution in [2.45, 2.75) is 24.4 Å². The summed E-state index contributed by atoms with van der Waals surface area (Å²) in [5, 5.41) is 0.0948. The average molecular weight is 372 g/mol. The van der Waals surface area contributed by atoms with Crippen LogP contribution in [-0.4, -0.2) is 49.9 Å². The molecule has 9 heteroatoms. The molecule has 0 bridgehead atoms. The van der Waals surface area contributed by atoms with Crippen molar-refractivity contribution in [2.24, 2.45) is 7.05 Å². The molecule has 4 heterocycles. The van der Waals surface area contributed by atoms with Gasteiger partial charge in [0.1, 0.15) is 5.82 Å². The van der Waals surface area contributed by atoms with Crippen LogP contribution in [0.2, 0.25) is 0 Å². The van der Waals surface area contributed by atoms with E-state index in [1.807, 2.05) is 25.3 Å². The summed E-state index contributed by atoms with van der Waals surface area (Å²) in [4.78, 5) is 12.6. The summed E-state index contributed by atoms with van der Waals surface area (Å²) in [5.74, 6) is 0.840. The number of rotatable bonds is 4. The van der Waals surface area contributed by atoms with Gasteiger partial charge in [0.15, 0.2) is 5.03 Å². The summed E-state index contributed by atoms with van der Waals surface area (Å²) in [6.45, 7) is 2.87. The van der Waals surface area contributed by atoms with E-state index in [0.29, 0.717) is 13.1 Å². The fourth-order valence-corrected chi connectivity index (χ4v) is 4.87. The van der Waals surface area contributed by atoms with E-state index in [4.69, 9.17) is 0 Å². The molecule has 136 valence electrons. The standard InChI is InChI=1S/C17H20N6O2S/c1-13-9-19-17(14-3-6-18-7-4-14)23(13)15-5-8-22(10-15)26(24,25)16-11-21(2)12-20-16/h3-4,6-7,9,11-12,15H,5,8,10H2,1-2H3. The van der Waals surface area contributed by atoms with E-state index in [0.717, 1.165) is 23.5 Å². The van der Waals surface area contributed by atoms with Crippen molar-refractivity contribution in [3.63, 3.8) is 0 Å². The fourth-order valence-electron chi connectivity index (χ4n) is 3.42. The summed E-state index contributed by atoms with van der Waals surface area (Å²) < 4.78 is 30.9. The van der Waals surface area contributed by atoms with Crippen LogP contribution in [-0.2, 0) is 17.1 Å². The lowest BCUT2D eigenvalue weighted by atomic mass is 10.2. The van der Waals surface area contributed by atoms with Crippen LogP contribution >= 0.6 is 0 Å². The molecule has 0 aliphatic carbocycles. The molecule has 4 rings (SSSR count). The third-order valence-electron chi connectivity index (χ3n) is 4.70. The van der Waals surface area contributed by atoms with Crippen LogP contribution in [0.3, 0.4) is 0 Å². The number of aromatic nitrogens is 5. The van der Waals surface area contributed by atoms with Gasteiger partial charge in [-0.05, 0) is 25.5 Å². The first-order valence-electron chi connectivity index (χ1n) is 8.39. The number of hydrogen-bond acceptors (Lipinski definition) is 5. The van der Waals surface area contributed by atoms with Gasteiger partial charge in [0.2, 0.25) is 0 Å². The van der Waals surface area contributed by atoms with Crippen molar-refractivity contribution in [1.82, 2.24) is 28.4 Å². The van der Waals surface area contributed by atoms with Crippen molar-refractivity contribution in [3.8, 4) is 11.4 Å². The highest BCUT2D eigenvalue weighted by atomic mass is 32.2. The molecule has 3 aromatic heterocycles. The van der Waals surface area contributed by atoms with Gasteiger partial charge in [-0.3, -0.25) is 4.98 Å². The highest BCUT2D eigenvalue weighted by Crippen LogP contribution is 2.31. The maximum Gasteiger partial charge on any atom is 0.262 e. The minimum absolute atomic E-state index is 0.0409. The molecule has 0 spiro atoms. The second-order valence-corrected chi connectivity index (χ2v) is 8.40. The lowest BCUT2D eigenvalue weighted by molar-refractivity contribution is 0.449. The Bertz CT molecular complexity index is 1020. The molecule has 1 aliphatic heterocycles. The predicted molar refractivity (Wildman–Crippen MR) is 95.8 cm³/mol.